The molecule has 23 heavy (non-hydrogen) atoms. The van der Waals surface area contributed by atoms with Gasteiger partial charge < -0.3 is 10.2 Å². The summed E-state index contributed by atoms with van der Waals surface area (Å²) in [6, 6.07) is 7.78. The molecule has 0 radical (unpaired) electrons. The third-order valence-corrected chi connectivity index (χ3v) is 4.82. The summed E-state index contributed by atoms with van der Waals surface area (Å²) in [5, 5.41) is 3.32. The van der Waals surface area contributed by atoms with Crippen molar-refractivity contribution < 1.29 is 9.59 Å². The number of para-hydroxylation sites is 1. The number of benzene rings is 1. The topological polar surface area (TPSA) is 62.3 Å². The van der Waals surface area contributed by atoms with Crippen LogP contribution in [0.4, 0.5) is 10.8 Å². The molecular weight excluding hydrogens is 310 g/mol. The molecule has 120 valence electrons. The number of carbonyl (C=O) groups excluding carboxylic acids is 2. The molecule has 6 heteroatoms. The Morgan fingerprint density at radius 2 is 2.13 bits per heavy atom. The van der Waals surface area contributed by atoms with Crippen molar-refractivity contribution in [2.75, 3.05) is 16.8 Å². The molecule has 0 saturated heterocycles. The minimum atomic E-state index is -0.234. The summed E-state index contributed by atoms with van der Waals surface area (Å²) in [6.07, 6.45) is 2.11. The summed E-state index contributed by atoms with van der Waals surface area (Å²) < 4.78 is 0. The predicted octanol–water partition coefficient (Wildman–Crippen LogP) is 3.10. The van der Waals surface area contributed by atoms with Crippen LogP contribution in [0, 0.1) is 6.92 Å². The Bertz CT molecular complexity index is 767. The van der Waals surface area contributed by atoms with E-state index in [-0.39, 0.29) is 23.8 Å². The van der Waals surface area contributed by atoms with Gasteiger partial charge in [0.25, 0.3) is 0 Å². The molecule has 1 aromatic heterocycles. The van der Waals surface area contributed by atoms with Gasteiger partial charge in [0.05, 0.1) is 0 Å². The molecule has 5 nitrogen and oxygen atoms in total. The van der Waals surface area contributed by atoms with Crippen molar-refractivity contribution in [2.45, 2.75) is 32.6 Å². The van der Waals surface area contributed by atoms with Gasteiger partial charge in [-0.2, -0.15) is 0 Å². The number of nitrogens with one attached hydrogen (secondary N) is 1. The van der Waals surface area contributed by atoms with Crippen LogP contribution in [0.3, 0.4) is 0 Å². The van der Waals surface area contributed by atoms with Crippen molar-refractivity contribution in [3.05, 3.63) is 40.9 Å². The largest absolute Gasteiger partial charge is 0.303 e. The highest BCUT2D eigenvalue weighted by Crippen LogP contribution is 2.39. The van der Waals surface area contributed by atoms with Crippen molar-refractivity contribution in [1.82, 2.24) is 4.98 Å². The van der Waals surface area contributed by atoms with E-state index < -0.39 is 0 Å². The molecule has 0 unspecified atom stereocenters. The molecule has 1 aliphatic heterocycles. The summed E-state index contributed by atoms with van der Waals surface area (Å²) in [5.74, 6) is -0.263. The number of amides is 2. The Morgan fingerprint density at radius 1 is 1.39 bits per heavy atom. The zero-order valence-electron chi connectivity index (χ0n) is 13.4. The number of aromatic nitrogens is 1. The van der Waals surface area contributed by atoms with Crippen LogP contribution in [0.5, 0.6) is 0 Å². The van der Waals surface area contributed by atoms with Crippen LogP contribution in [0.2, 0.25) is 0 Å². The summed E-state index contributed by atoms with van der Waals surface area (Å²) in [7, 11) is 0. The molecule has 0 spiro atoms. The van der Waals surface area contributed by atoms with Gasteiger partial charge in [0, 0.05) is 28.6 Å². The molecule has 2 aromatic rings. The molecule has 0 bridgehead atoms. The van der Waals surface area contributed by atoms with Crippen LogP contribution in [-0.2, 0) is 15.0 Å². The van der Waals surface area contributed by atoms with Crippen LogP contribution < -0.4 is 10.2 Å². The van der Waals surface area contributed by atoms with E-state index in [4.69, 9.17) is 0 Å². The molecule has 1 aromatic carbocycles. The maximum Gasteiger partial charge on any atom is 0.246 e. The first-order chi connectivity index (χ1) is 10.9. The van der Waals surface area contributed by atoms with Gasteiger partial charge in [-0.25, -0.2) is 4.98 Å². The highest BCUT2D eigenvalue weighted by Gasteiger charge is 2.37. The maximum absolute atomic E-state index is 12.5. The SMILES string of the molecule is Cc1cnc(NC(=O)CN2C(=O)CC(C)(C)c3ccccc32)s1. The van der Waals surface area contributed by atoms with Gasteiger partial charge in [0.1, 0.15) is 6.54 Å². The van der Waals surface area contributed by atoms with Gasteiger partial charge in [-0.1, -0.05) is 32.0 Å². The van der Waals surface area contributed by atoms with E-state index in [0.29, 0.717) is 11.6 Å². The summed E-state index contributed by atoms with van der Waals surface area (Å²) in [6.45, 7) is 6.04. The molecule has 2 heterocycles. The fraction of sp³-hybridized carbons (Fsp3) is 0.353. The zero-order chi connectivity index (χ0) is 16.6. The van der Waals surface area contributed by atoms with Crippen LogP contribution in [0.15, 0.2) is 30.5 Å². The standard InChI is InChI=1S/C17H19N3O2S/c1-11-9-18-16(23-11)19-14(21)10-20-13-7-5-4-6-12(13)17(2,3)8-15(20)22/h4-7,9H,8,10H2,1-3H3,(H,18,19,21). The van der Waals surface area contributed by atoms with Gasteiger partial charge in [-0.05, 0) is 18.6 Å². The van der Waals surface area contributed by atoms with E-state index in [9.17, 15) is 9.59 Å². The minimum absolute atomic E-state index is 0.00452. The number of nitrogens with zero attached hydrogens (tertiary/aromatic N) is 2. The lowest BCUT2D eigenvalue weighted by molar-refractivity contribution is -0.122. The maximum atomic E-state index is 12.5. The fourth-order valence-corrected chi connectivity index (χ4v) is 3.55. The molecule has 0 aliphatic carbocycles. The van der Waals surface area contributed by atoms with Crippen molar-refractivity contribution in [3.63, 3.8) is 0 Å². The number of carbonyl (C=O) groups is 2. The van der Waals surface area contributed by atoms with Crippen LogP contribution in [-0.4, -0.2) is 23.3 Å². The highest BCUT2D eigenvalue weighted by molar-refractivity contribution is 7.15. The van der Waals surface area contributed by atoms with E-state index in [1.54, 1.807) is 11.1 Å². The molecule has 0 fully saturated rings. The number of thiazole rings is 1. The van der Waals surface area contributed by atoms with Crippen LogP contribution in [0.25, 0.3) is 0 Å². The Balaban J connectivity index is 1.82. The Labute approximate surface area is 139 Å². The predicted molar refractivity (Wildman–Crippen MR) is 91.9 cm³/mol. The first-order valence-electron chi connectivity index (χ1n) is 7.49. The number of anilines is 2. The van der Waals surface area contributed by atoms with Gasteiger partial charge in [-0.15, -0.1) is 11.3 Å². The second kappa shape index (κ2) is 5.77. The second-order valence-electron chi connectivity index (χ2n) is 6.38. The molecule has 2 amide bonds. The Morgan fingerprint density at radius 3 is 2.83 bits per heavy atom. The number of hydrogen-bond acceptors (Lipinski definition) is 4. The summed E-state index contributed by atoms with van der Waals surface area (Å²) >= 11 is 1.42. The molecule has 1 aliphatic rings. The first kappa shape index (κ1) is 15.7. The molecule has 0 saturated carbocycles. The molecular formula is C17H19N3O2S. The van der Waals surface area contributed by atoms with E-state index in [0.717, 1.165) is 16.1 Å². The number of fused-ring (bicyclic) bond motifs is 1. The van der Waals surface area contributed by atoms with E-state index in [1.807, 2.05) is 31.2 Å². The summed E-state index contributed by atoms with van der Waals surface area (Å²) in [4.78, 5) is 31.5. The number of hydrogen-bond donors (Lipinski definition) is 1. The second-order valence-corrected chi connectivity index (χ2v) is 7.62. The van der Waals surface area contributed by atoms with Gasteiger partial charge in [0.2, 0.25) is 11.8 Å². The minimum Gasteiger partial charge on any atom is -0.303 e. The molecule has 3 rings (SSSR count). The van der Waals surface area contributed by atoms with Gasteiger partial charge >= 0.3 is 0 Å². The third-order valence-electron chi connectivity index (χ3n) is 3.99. The highest BCUT2D eigenvalue weighted by atomic mass is 32.1. The first-order valence-corrected chi connectivity index (χ1v) is 8.30. The normalized spacial score (nSPS) is 16.1. The van der Waals surface area contributed by atoms with Crippen molar-refractivity contribution in [3.8, 4) is 0 Å². The van der Waals surface area contributed by atoms with Crippen molar-refractivity contribution >= 4 is 34.0 Å². The summed E-state index contributed by atoms with van der Waals surface area (Å²) in [5.41, 5.74) is 1.70. The lowest BCUT2D eigenvalue weighted by Gasteiger charge is -2.38. The van der Waals surface area contributed by atoms with E-state index >= 15 is 0 Å². The smallest absolute Gasteiger partial charge is 0.246 e. The van der Waals surface area contributed by atoms with Crippen molar-refractivity contribution in [1.29, 1.82) is 0 Å². The Kier molecular flexibility index (Phi) is 3.93. The van der Waals surface area contributed by atoms with Gasteiger partial charge in [0.15, 0.2) is 5.13 Å². The third kappa shape index (κ3) is 3.12. The molecule has 0 atom stereocenters. The zero-order valence-corrected chi connectivity index (χ0v) is 14.2. The number of rotatable bonds is 3. The fourth-order valence-electron chi connectivity index (χ4n) is 2.87. The lowest BCUT2D eigenvalue weighted by Crippen LogP contribution is -2.45. The van der Waals surface area contributed by atoms with Gasteiger partial charge in [-0.3, -0.25) is 9.59 Å². The molecule has 1 N–H and O–H groups in total. The number of aryl methyl sites for hydroxylation is 1. The van der Waals surface area contributed by atoms with Crippen molar-refractivity contribution in [2.24, 2.45) is 0 Å². The average molecular weight is 329 g/mol. The monoisotopic (exact) mass is 329 g/mol. The van der Waals surface area contributed by atoms with Crippen LogP contribution >= 0.6 is 11.3 Å². The quantitative estimate of drug-likeness (QED) is 0.941. The van der Waals surface area contributed by atoms with E-state index in [2.05, 4.69) is 24.1 Å². The van der Waals surface area contributed by atoms with Crippen LogP contribution in [0.1, 0.15) is 30.7 Å². The lowest BCUT2D eigenvalue weighted by atomic mass is 9.77. The van der Waals surface area contributed by atoms with E-state index in [1.165, 1.54) is 11.3 Å². The Hall–Kier alpha value is -2.21. The average Bonchev–Trinajstić information content (AvgIpc) is 2.88.